The van der Waals surface area contributed by atoms with Crippen molar-refractivity contribution < 1.29 is 4.79 Å². The standard InChI is InChI=1S/C8H8O.C7H8.C2H6/c1-7(9)8-5-3-2-4-6-8;1-7-5-3-2-4-6-7;1-2/h2-6H,1H3;2-6H,1H3;1-2H3. The highest BCUT2D eigenvalue weighted by Crippen LogP contribution is 1.97. The molecule has 0 saturated heterocycles. The highest BCUT2D eigenvalue weighted by atomic mass is 16.1. The van der Waals surface area contributed by atoms with Gasteiger partial charge in [-0.05, 0) is 13.8 Å². The van der Waals surface area contributed by atoms with Crippen LogP contribution in [-0.2, 0) is 0 Å². The Balaban J connectivity index is 0.000000289. The summed E-state index contributed by atoms with van der Waals surface area (Å²) in [6.45, 7) is 7.65. The molecule has 2 aromatic rings. The van der Waals surface area contributed by atoms with Crippen molar-refractivity contribution in [2.45, 2.75) is 27.7 Å². The van der Waals surface area contributed by atoms with Crippen LogP contribution in [0.15, 0.2) is 60.7 Å². The Hall–Kier alpha value is -1.89. The van der Waals surface area contributed by atoms with E-state index in [1.165, 1.54) is 5.56 Å². The lowest BCUT2D eigenvalue weighted by atomic mass is 10.2. The van der Waals surface area contributed by atoms with E-state index in [0.717, 1.165) is 5.56 Å². The number of hydrogen-bond acceptors (Lipinski definition) is 1. The van der Waals surface area contributed by atoms with Gasteiger partial charge < -0.3 is 0 Å². The molecule has 0 saturated carbocycles. The molecule has 0 fully saturated rings. The Labute approximate surface area is 110 Å². The first-order valence-corrected chi connectivity index (χ1v) is 6.28. The summed E-state index contributed by atoms with van der Waals surface area (Å²) in [5.41, 5.74) is 2.10. The molecule has 0 aromatic heterocycles. The van der Waals surface area contributed by atoms with E-state index in [1.54, 1.807) is 6.92 Å². The smallest absolute Gasteiger partial charge is 0.159 e. The molecule has 0 bridgehead atoms. The van der Waals surface area contributed by atoms with Crippen LogP contribution < -0.4 is 0 Å². The molecule has 96 valence electrons. The fraction of sp³-hybridized carbons (Fsp3) is 0.235. The van der Waals surface area contributed by atoms with Gasteiger partial charge in [-0.1, -0.05) is 80.1 Å². The Bertz CT molecular complexity index is 418. The summed E-state index contributed by atoms with van der Waals surface area (Å²) in [6, 6.07) is 19.5. The number of ketones is 1. The van der Waals surface area contributed by atoms with Crippen LogP contribution in [0.3, 0.4) is 0 Å². The van der Waals surface area contributed by atoms with Gasteiger partial charge >= 0.3 is 0 Å². The van der Waals surface area contributed by atoms with Gasteiger partial charge in [0.05, 0.1) is 0 Å². The van der Waals surface area contributed by atoms with Crippen molar-refractivity contribution in [2.24, 2.45) is 0 Å². The first kappa shape index (κ1) is 16.1. The molecule has 0 aliphatic heterocycles. The van der Waals surface area contributed by atoms with Crippen molar-refractivity contribution >= 4 is 5.78 Å². The lowest BCUT2D eigenvalue weighted by molar-refractivity contribution is 0.101. The molecular weight excluding hydrogens is 220 g/mol. The Morgan fingerprint density at radius 2 is 1.17 bits per heavy atom. The normalized spacial score (nSPS) is 8.22. The zero-order valence-corrected chi connectivity index (χ0v) is 11.7. The molecule has 2 aromatic carbocycles. The first-order valence-electron chi connectivity index (χ1n) is 6.28. The number of hydrogen-bond donors (Lipinski definition) is 0. The van der Waals surface area contributed by atoms with E-state index in [0.29, 0.717) is 0 Å². The summed E-state index contributed by atoms with van der Waals surface area (Å²) in [7, 11) is 0. The maximum Gasteiger partial charge on any atom is 0.159 e. The van der Waals surface area contributed by atoms with Crippen molar-refractivity contribution in [1.82, 2.24) is 0 Å². The average molecular weight is 242 g/mol. The summed E-state index contributed by atoms with van der Waals surface area (Å²) in [5.74, 6) is 0.121. The van der Waals surface area contributed by atoms with E-state index in [4.69, 9.17) is 0 Å². The maximum atomic E-state index is 10.6. The second-order valence-electron chi connectivity index (χ2n) is 3.58. The highest BCUT2D eigenvalue weighted by molar-refractivity contribution is 5.93. The first-order chi connectivity index (χ1) is 8.70. The van der Waals surface area contributed by atoms with Crippen molar-refractivity contribution in [1.29, 1.82) is 0 Å². The average Bonchev–Trinajstić information content (AvgIpc) is 2.43. The van der Waals surface area contributed by atoms with Crippen LogP contribution in [0.1, 0.15) is 36.7 Å². The van der Waals surface area contributed by atoms with E-state index < -0.39 is 0 Å². The van der Waals surface area contributed by atoms with Crippen LogP contribution in [0.2, 0.25) is 0 Å². The second-order valence-corrected chi connectivity index (χ2v) is 3.58. The molecule has 0 aliphatic rings. The SMILES string of the molecule is CC.CC(=O)c1ccccc1.Cc1ccccc1. The number of benzene rings is 2. The summed E-state index contributed by atoms with van der Waals surface area (Å²) in [4.78, 5) is 10.6. The topological polar surface area (TPSA) is 17.1 Å². The molecule has 0 atom stereocenters. The van der Waals surface area contributed by atoms with E-state index >= 15 is 0 Å². The molecule has 18 heavy (non-hydrogen) atoms. The fourth-order valence-electron chi connectivity index (χ4n) is 1.21. The van der Waals surface area contributed by atoms with Crippen LogP contribution in [0.4, 0.5) is 0 Å². The van der Waals surface area contributed by atoms with Gasteiger partial charge in [0.15, 0.2) is 5.78 Å². The minimum atomic E-state index is 0.121. The van der Waals surface area contributed by atoms with Crippen molar-refractivity contribution in [2.75, 3.05) is 0 Å². The minimum absolute atomic E-state index is 0.121. The molecule has 0 N–H and O–H groups in total. The zero-order valence-electron chi connectivity index (χ0n) is 11.7. The van der Waals surface area contributed by atoms with Gasteiger partial charge in [-0.25, -0.2) is 0 Å². The number of aryl methyl sites for hydroxylation is 1. The highest BCUT2D eigenvalue weighted by Gasteiger charge is 1.92. The second kappa shape index (κ2) is 10.3. The molecule has 0 amide bonds. The maximum absolute atomic E-state index is 10.6. The summed E-state index contributed by atoms with van der Waals surface area (Å²) >= 11 is 0. The quantitative estimate of drug-likeness (QED) is 0.649. The molecule has 1 heteroatoms. The van der Waals surface area contributed by atoms with Gasteiger partial charge in [-0.3, -0.25) is 4.79 Å². The lowest BCUT2D eigenvalue weighted by Gasteiger charge is -1.89. The fourth-order valence-corrected chi connectivity index (χ4v) is 1.21. The van der Waals surface area contributed by atoms with Gasteiger partial charge in [0, 0.05) is 5.56 Å². The van der Waals surface area contributed by atoms with Crippen LogP contribution >= 0.6 is 0 Å². The third kappa shape index (κ3) is 7.39. The van der Waals surface area contributed by atoms with Gasteiger partial charge in [-0.15, -0.1) is 0 Å². The Morgan fingerprint density at radius 1 is 0.778 bits per heavy atom. The minimum Gasteiger partial charge on any atom is -0.295 e. The molecule has 0 spiro atoms. The van der Waals surface area contributed by atoms with Crippen LogP contribution in [0.25, 0.3) is 0 Å². The molecular formula is C17H22O. The largest absolute Gasteiger partial charge is 0.295 e. The number of Topliss-reactive ketones (excluding diaryl/α,β-unsaturated/α-hetero) is 1. The predicted molar refractivity (Wildman–Crippen MR) is 79.0 cm³/mol. The van der Waals surface area contributed by atoms with E-state index in [-0.39, 0.29) is 5.78 Å². The molecule has 0 unspecified atom stereocenters. The van der Waals surface area contributed by atoms with Crippen molar-refractivity contribution in [3.05, 3.63) is 71.8 Å². The summed E-state index contributed by atoms with van der Waals surface area (Å²) in [6.07, 6.45) is 0. The van der Waals surface area contributed by atoms with Crippen molar-refractivity contribution in [3.63, 3.8) is 0 Å². The van der Waals surface area contributed by atoms with Crippen molar-refractivity contribution in [3.8, 4) is 0 Å². The van der Waals surface area contributed by atoms with Crippen LogP contribution in [-0.4, -0.2) is 5.78 Å². The van der Waals surface area contributed by atoms with Crippen LogP contribution in [0.5, 0.6) is 0 Å². The zero-order chi connectivity index (χ0) is 13.8. The molecule has 2 rings (SSSR count). The summed E-state index contributed by atoms with van der Waals surface area (Å²) < 4.78 is 0. The van der Waals surface area contributed by atoms with Gasteiger partial charge in [-0.2, -0.15) is 0 Å². The molecule has 0 heterocycles. The van der Waals surface area contributed by atoms with Crippen LogP contribution in [0, 0.1) is 6.92 Å². The third-order valence-electron chi connectivity index (χ3n) is 2.12. The van der Waals surface area contributed by atoms with Gasteiger partial charge in [0.25, 0.3) is 0 Å². The Morgan fingerprint density at radius 3 is 1.39 bits per heavy atom. The van der Waals surface area contributed by atoms with Gasteiger partial charge in [0.1, 0.15) is 0 Å². The van der Waals surface area contributed by atoms with E-state index in [9.17, 15) is 4.79 Å². The monoisotopic (exact) mass is 242 g/mol. The molecule has 0 aliphatic carbocycles. The predicted octanol–water partition coefficient (Wildman–Crippen LogP) is 4.91. The number of carbonyl (C=O) groups excluding carboxylic acids is 1. The van der Waals surface area contributed by atoms with E-state index in [1.807, 2.05) is 62.4 Å². The molecule has 1 nitrogen and oxygen atoms in total. The third-order valence-corrected chi connectivity index (χ3v) is 2.12. The van der Waals surface area contributed by atoms with Gasteiger partial charge in [0.2, 0.25) is 0 Å². The number of rotatable bonds is 1. The lowest BCUT2D eigenvalue weighted by Crippen LogP contribution is -1.88. The Kier molecular flexibility index (Phi) is 9.20. The summed E-state index contributed by atoms with van der Waals surface area (Å²) in [5, 5.41) is 0. The number of carbonyl (C=O) groups is 1. The van der Waals surface area contributed by atoms with E-state index in [2.05, 4.69) is 19.1 Å². The molecule has 0 radical (unpaired) electrons.